The lowest BCUT2D eigenvalue weighted by Gasteiger charge is -2.38. The molecule has 3 heterocycles. The van der Waals surface area contributed by atoms with Gasteiger partial charge in [0.1, 0.15) is 48.8 Å². The number of Topliss-reactive ketones (excluding diaryl/α,β-unsaturated/α-hetero) is 1. The molecule has 2 atom stereocenters. The molecule has 0 aliphatic carbocycles. The number of benzene rings is 2. The number of fused-ring (bicyclic) bond motifs is 6. The number of hydrogen-bond donors (Lipinski definition) is 0. The van der Waals surface area contributed by atoms with Gasteiger partial charge in [0.25, 0.3) is 0 Å². The van der Waals surface area contributed by atoms with Gasteiger partial charge in [0, 0.05) is 11.6 Å². The highest BCUT2D eigenvalue weighted by Gasteiger charge is 2.45. The highest BCUT2D eigenvalue weighted by molar-refractivity contribution is 6.06. The highest BCUT2D eigenvalue weighted by atomic mass is 18.2. The van der Waals surface area contributed by atoms with Crippen LogP contribution in [-0.2, 0) is 0 Å². The van der Waals surface area contributed by atoms with Crippen molar-refractivity contribution in [2.24, 2.45) is 0 Å². The molecule has 0 radical (unpaired) electrons. The Morgan fingerprint density at radius 2 is 2.03 bits per heavy atom. The van der Waals surface area contributed by atoms with Crippen molar-refractivity contribution in [2.45, 2.75) is 31.5 Å². The first-order valence-electron chi connectivity index (χ1n) is 10.2. The quantitative estimate of drug-likeness (QED) is 0.726. The molecule has 6 nitrogen and oxygen atoms in total. The molecule has 0 bridgehead atoms. The van der Waals surface area contributed by atoms with Crippen molar-refractivity contribution >= 4 is 11.9 Å². The monoisotopic (exact) mass is 425 g/mol. The van der Waals surface area contributed by atoms with Gasteiger partial charge >= 0.3 is 0 Å². The zero-order valence-corrected chi connectivity index (χ0v) is 17.6. The minimum absolute atomic E-state index is 0.0570. The van der Waals surface area contributed by atoms with E-state index in [2.05, 4.69) is 0 Å². The van der Waals surface area contributed by atoms with Crippen molar-refractivity contribution in [1.29, 1.82) is 0 Å². The van der Waals surface area contributed by atoms with Crippen molar-refractivity contribution in [1.82, 2.24) is 0 Å². The van der Waals surface area contributed by atoms with E-state index in [-0.39, 0.29) is 19.0 Å². The summed E-state index contributed by atoms with van der Waals surface area (Å²) >= 11 is 0. The number of ether oxygens (including phenoxy) is 5. The van der Waals surface area contributed by atoms with Crippen LogP contribution in [0.3, 0.4) is 0 Å². The number of hydrogen-bond acceptors (Lipinski definition) is 6. The van der Waals surface area contributed by atoms with Crippen LogP contribution >= 0.6 is 0 Å². The van der Waals surface area contributed by atoms with Gasteiger partial charge in [-0.1, -0.05) is 0 Å². The van der Waals surface area contributed by atoms with Crippen molar-refractivity contribution in [3.05, 3.63) is 47.0 Å². The lowest BCUT2D eigenvalue weighted by atomic mass is 9.81. The van der Waals surface area contributed by atoms with Gasteiger partial charge in [-0.2, -0.15) is 0 Å². The molecule has 162 valence electrons. The molecule has 0 fully saturated rings. The lowest BCUT2D eigenvalue weighted by molar-refractivity contribution is 0.0552. The van der Waals surface area contributed by atoms with E-state index in [1.807, 2.05) is 32.1 Å². The number of rotatable bonds is 4. The van der Waals surface area contributed by atoms with E-state index < -0.39 is 24.3 Å². The van der Waals surface area contributed by atoms with E-state index in [0.29, 0.717) is 39.9 Å². The third-order valence-electron chi connectivity index (χ3n) is 5.74. The summed E-state index contributed by atoms with van der Waals surface area (Å²) in [4.78, 5) is 13.6. The van der Waals surface area contributed by atoms with Gasteiger partial charge in [-0.15, -0.1) is 0 Å². The predicted molar refractivity (Wildman–Crippen MR) is 112 cm³/mol. The fraction of sp³-hybridized carbons (Fsp3) is 0.375. The zero-order valence-electron chi connectivity index (χ0n) is 17.6. The van der Waals surface area contributed by atoms with Crippen LogP contribution in [0.5, 0.6) is 28.7 Å². The second-order valence-electron chi connectivity index (χ2n) is 8.28. The van der Waals surface area contributed by atoms with Gasteiger partial charge in [-0.25, -0.2) is 4.39 Å². The third kappa shape index (κ3) is 3.19. The first-order valence-corrected chi connectivity index (χ1v) is 10.2. The summed E-state index contributed by atoms with van der Waals surface area (Å²) in [7, 11) is 1.50. The van der Waals surface area contributed by atoms with E-state index >= 15 is 0 Å². The summed E-state index contributed by atoms with van der Waals surface area (Å²) in [6.07, 6.45) is 3.39. The minimum Gasteiger partial charge on any atom is -0.493 e. The summed E-state index contributed by atoms with van der Waals surface area (Å²) < 4.78 is 41.7. The molecule has 0 amide bonds. The predicted octanol–water partition coefficient (Wildman–Crippen LogP) is 4.35. The molecule has 3 aliphatic rings. The Morgan fingerprint density at radius 1 is 1.19 bits per heavy atom. The Hall–Kier alpha value is -3.22. The molecule has 0 spiro atoms. The number of methoxy groups -OCH3 is 1. The first kappa shape index (κ1) is 19.7. The molecule has 5 rings (SSSR count). The Kier molecular flexibility index (Phi) is 4.57. The Balaban J connectivity index is 1.57. The van der Waals surface area contributed by atoms with Crippen LogP contribution in [0.25, 0.3) is 6.08 Å². The topological polar surface area (TPSA) is 63.2 Å². The van der Waals surface area contributed by atoms with Crippen LogP contribution in [0.4, 0.5) is 4.39 Å². The van der Waals surface area contributed by atoms with E-state index in [4.69, 9.17) is 23.7 Å². The van der Waals surface area contributed by atoms with E-state index in [1.165, 1.54) is 7.11 Å². The SMILES string of the molecule is COc1cc2c(cc1OCC[18F])[C@@H]1C(=O)c3ccc4c(c3O[C@@H]1CO2)C=CC(C)(C)O4. The minimum atomic E-state index is -0.629. The summed E-state index contributed by atoms with van der Waals surface area (Å²) in [6, 6.07) is 6.93. The third-order valence-corrected chi connectivity index (χ3v) is 5.74. The number of halogens is 1. The molecule has 7 heteroatoms. The molecule has 0 saturated carbocycles. The molecular weight excluding hydrogens is 402 g/mol. The van der Waals surface area contributed by atoms with E-state index in [9.17, 15) is 9.18 Å². The van der Waals surface area contributed by atoms with Crippen molar-refractivity contribution in [3.8, 4) is 28.7 Å². The average Bonchev–Trinajstić information content (AvgIpc) is 2.75. The van der Waals surface area contributed by atoms with Crippen molar-refractivity contribution in [2.75, 3.05) is 27.0 Å². The molecule has 31 heavy (non-hydrogen) atoms. The van der Waals surface area contributed by atoms with Crippen LogP contribution in [0, 0.1) is 0 Å². The number of ketones is 1. The Labute approximate surface area is 179 Å². The van der Waals surface area contributed by atoms with Crippen LogP contribution in [0.15, 0.2) is 30.3 Å². The maximum atomic E-state index is 13.6. The number of carbonyl (C=O) groups is 1. The van der Waals surface area contributed by atoms with Gasteiger partial charge in [0.2, 0.25) is 0 Å². The smallest absolute Gasteiger partial charge is 0.178 e. The summed E-state index contributed by atoms with van der Waals surface area (Å²) in [6.45, 7) is 3.42. The second kappa shape index (κ2) is 7.18. The Morgan fingerprint density at radius 3 is 2.81 bits per heavy atom. The highest BCUT2D eigenvalue weighted by Crippen LogP contribution is 2.49. The fourth-order valence-corrected chi connectivity index (χ4v) is 4.30. The Bertz CT molecular complexity index is 1090. The molecular formula is C24H23FO6. The molecule has 0 aromatic heterocycles. The first-order chi connectivity index (χ1) is 14.9. The molecule has 2 aromatic carbocycles. The van der Waals surface area contributed by atoms with Crippen molar-refractivity contribution in [3.63, 3.8) is 0 Å². The normalized spacial score (nSPS) is 22.0. The summed E-state index contributed by atoms with van der Waals surface area (Å²) in [5, 5.41) is 0. The van der Waals surface area contributed by atoms with Crippen LogP contribution in [0.1, 0.15) is 41.3 Å². The summed E-state index contributed by atoms with van der Waals surface area (Å²) in [5.74, 6) is 1.91. The number of carbonyl (C=O) groups excluding carboxylic acids is 1. The van der Waals surface area contributed by atoms with Crippen LogP contribution in [-0.4, -0.2) is 44.5 Å². The van der Waals surface area contributed by atoms with Gasteiger partial charge in [0.15, 0.2) is 17.3 Å². The molecule has 0 saturated heterocycles. The van der Waals surface area contributed by atoms with Gasteiger partial charge in [-0.3, -0.25) is 4.79 Å². The van der Waals surface area contributed by atoms with Crippen molar-refractivity contribution < 1.29 is 32.9 Å². The maximum absolute atomic E-state index is 13.6. The van der Waals surface area contributed by atoms with E-state index in [1.54, 1.807) is 18.2 Å². The van der Waals surface area contributed by atoms with Gasteiger partial charge in [0.05, 0.1) is 24.2 Å². The van der Waals surface area contributed by atoms with Crippen LogP contribution < -0.4 is 23.7 Å². The standard InChI is InChI=1S/C24H23FO6/c1-24(2)7-6-13-16(31-24)5-4-14-22(26)21-15-10-19(28-9-8-25)18(27-3)11-17(15)29-12-20(21)30-23(13)14/h4-7,10-11,20-21H,8-9,12H2,1-3H3/t20-,21+/m1/s1/i25-1. The lowest BCUT2D eigenvalue weighted by Crippen LogP contribution is -2.43. The molecule has 3 aliphatic heterocycles. The second-order valence-corrected chi connectivity index (χ2v) is 8.28. The summed E-state index contributed by atoms with van der Waals surface area (Å²) in [5.41, 5.74) is 1.48. The maximum Gasteiger partial charge on any atom is 0.178 e. The van der Waals surface area contributed by atoms with E-state index in [0.717, 1.165) is 5.56 Å². The fourth-order valence-electron chi connectivity index (χ4n) is 4.30. The average molecular weight is 425 g/mol. The molecule has 0 N–H and O–H groups in total. The van der Waals surface area contributed by atoms with Crippen LogP contribution in [0.2, 0.25) is 0 Å². The number of alkyl halides is 1. The van der Waals surface area contributed by atoms with Gasteiger partial charge in [-0.05, 0) is 44.2 Å². The van der Waals surface area contributed by atoms with Gasteiger partial charge < -0.3 is 23.7 Å². The zero-order chi connectivity index (χ0) is 21.8. The molecule has 0 unspecified atom stereocenters. The molecule has 2 aromatic rings. The largest absolute Gasteiger partial charge is 0.493 e.